The van der Waals surface area contributed by atoms with Crippen LogP contribution in [-0.2, 0) is 20.9 Å². The van der Waals surface area contributed by atoms with Crippen LogP contribution in [-0.4, -0.2) is 54.1 Å². The van der Waals surface area contributed by atoms with E-state index in [1.54, 1.807) is 23.2 Å². The number of aromatic nitrogens is 1. The van der Waals surface area contributed by atoms with E-state index in [4.69, 9.17) is 4.74 Å². The molecule has 2 amide bonds. The lowest BCUT2D eigenvalue weighted by Gasteiger charge is -2.37. The summed E-state index contributed by atoms with van der Waals surface area (Å²) in [4.78, 5) is 39.4. The molecule has 1 unspecified atom stereocenters. The van der Waals surface area contributed by atoms with Gasteiger partial charge in [-0.1, -0.05) is 6.07 Å². The standard InChI is InChI=1S/C20H27N3O4/c24-17-3-1-2-8-22(17)13-18(25)23-12-16(19(26)21-11-15-4-5-15)20(14-23)6-9-27-10-7-20/h1-3,8,15-16H,4-7,9-14H2,(H,21,26). The minimum atomic E-state index is -0.205. The highest BCUT2D eigenvalue weighted by Crippen LogP contribution is 2.44. The van der Waals surface area contributed by atoms with Crippen molar-refractivity contribution in [1.29, 1.82) is 0 Å². The number of likely N-dealkylation sites (tertiary alicyclic amines) is 1. The van der Waals surface area contributed by atoms with Crippen LogP contribution in [0.2, 0.25) is 0 Å². The van der Waals surface area contributed by atoms with Crippen LogP contribution in [0.4, 0.5) is 0 Å². The Balaban J connectivity index is 1.47. The number of carbonyl (C=O) groups excluding carboxylic acids is 2. The van der Waals surface area contributed by atoms with E-state index in [2.05, 4.69) is 5.32 Å². The number of nitrogens with zero attached hydrogens (tertiary/aromatic N) is 2. The maximum Gasteiger partial charge on any atom is 0.250 e. The molecule has 7 heteroatoms. The van der Waals surface area contributed by atoms with Gasteiger partial charge in [0.1, 0.15) is 6.54 Å². The molecule has 2 aliphatic heterocycles. The highest BCUT2D eigenvalue weighted by Gasteiger charge is 2.51. The molecule has 0 bridgehead atoms. The minimum absolute atomic E-state index is 0.0165. The average Bonchev–Trinajstić information content (AvgIpc) is 3.43. The van der Waals surface area contributed by atoms with Crippen molar-refractivity contribution < 1.29 is 14.3 Å². The molecule has 3 fully saturated rings. The van der Waals surface area contributed by atoms with Gasteiger partial charge in [-0.3, -0.25) is 14.4 Å². The van der Waals surface area contributed by atoms with Crippen molar-refractivity contribution in [2.75, 3.05) is 32.8 Å². The molecule has 1 spiro atoms. The number of rotatable bonds is 5. The second kappa shape index (κ2) is 7.46. The van der Waals surface area contributed by atoms with Crippen LogP contribution in [0, 0.1) is 17.3 Å². The van der Waals surface area contributed by atoms with Crippen molar-refractivity contribution in [1.82, 2.24) is 14.8 Å². The summed E-state index contributed by atoms with van der Waals surface area (Å²) in [5.41, 5.74) is -0.395. The van der Waals surface area contributed by atoms with Crippen LogP contribution in [0.1, 0.15) is 25.7 Å². The van der Waals surface area contributed by atoms with Crippen LogP contribution in [0.5, 0.6) is 0 Å². The molecule has 1 aliphatic carbocycles. The molecule has 1 N–H and O–H groups in total. The molecule has 4 rings (SSSR count). The number of pyridine rings is 1. The highest BCUT2D eigenvalue weighted by atomic mass is 16.5. The van der Waals surface area contributed by atoms with E-state index in [1.807, 2.05) is 0 Å². The third-order valence-corrected chi connectivity index (χ3v) is 6.27. The fourth-order valence-corrected chi connectivity index (χ4v) is 4.33. The van der Waals surface area contributed by atoms with Crippen LogP contribution >= 0.6 is 0 Å². The highest BCUT2D eigenvalue weighted by molar-refractivity contribution is 5.83. The first-order valence-electron chi connectivity index (χ1n) is 9.86. The van der Waals surface area contributed by atoms with Crippen molar-refractivity contribution in [2.24, 2.45) is 17.3 Å². The van der Waals surface area contributed by atoms with Crippen molar-refractivity contribution in [2.45, 2.75) is 32.2 Å². The van der Waals surface area contributed by atoms with Gasteiger partial charge in [0.15, 0.2) is 0 Å². The molecule has 1 aromatic heterocycles. The number of carbonyl (C=O) groups is 2. The largest absolute Gasteiger partial charge is 0.381 e. The zero-order valence-electron chi connectivity index (χ0n) is 15.6. The molecule has 27 heavy (non-hydrogen) atoms. The first kappa shape index (κ1) is 18.2. The van der Waals surface area contributed by atoms with Crippen LogP contribution in [0.25, 0.3) is 0 Å². The lowest BCUT2D eigenvalue weighted by atomic mass is 9.71. The van der Waals surface area contributed by atoms with Gasteiger partial charge < -0.3 is 19.5 Å². The summed E-state index contributed by atoms with van der Waals surface area (Å²) in [6.07, 6.45) is 5.61. The summed E-state index contributed by atoms with van der Waals surface area (Å²) in [7, 11) is 0. The van der Waals surface area contributed by atoms with Gasteiger partial charge in [0.2, 0.25) is 11.8 Å². The molecule has 2 saturated heterocycles. The zero-order valence-corrected chi connectivity index (χ0v) is 15.6. The summed E-state index contributed by atoms with van der Waals surface area (Å²) in [6.45, 7) is 3.02. The third-order valence-electron chi connectivity index (χ3n) is 6.27. The molecule has 7 nitrogen and oxygen atoms in total. The summed E-state index contributed by atoms with van der Waals surface area (Å²) in [5.74, 6) is 0.392. The number of amides is 2. The maximum absolute atomic E-state index is 12.9. The molecule has 146 valence electrons. The third kappa shape index (κ3) is 3.93. The smallest absolute Gasteiger partial charge is 0.250 e. The van der Waals surface area contributed by atoms with Crippen molar-refractivity contribution >= 4 is 11.8 Å². The normalized spacial score (nSPS) is 24.1. The van der Waals surface area contributed by atoms with Gasteiger partial charge in [0, 0.05) is 50.5 Å². The Labute approximate surface area is 158 Å². The molecular weight excluding hydrogens is 346 g/mol. The van der Waals surface area contributed by atoms with E-state index in [-0.39, 0.29) is 35.3 Å². The second-order valence-electron chi connectivity index (χ2n) is 8.16. The SMILES string of the molecule is O=C(NCC1CC1)C1CN(C(=O)Cn2ccccc2=O)CC12CCOCC2. The van der Waals surface area contributed by atoms with E-state index in [9.17, 15) is 14.4 Å². The van der Waals surface area contributed by atoms with Crippen LogP contribution in [0.3, 0.4) is 0 Å². The molecule has 0 radical (unpaired) electrons. The molecule has 3 heterocycles. The molecular formula is C20H27N3O4. The van der Waals surface area contributed by atoms with Gasteiger partial charge in [-0.2, -0.15) is 0 Å². The van der Waals surface area contributed by atoms with Gasteiger partial charge in [-0.15, -0.1) is 0 Å². The number of hydrogen-bond acceptors (Lipinski definition) is 4. The maximum atomic E-state index is 12.9. The molecule has 0 aromatic carbocycles. The van der Waals surface area contributed by atoms with Gasteiger partial charge in [0.25, 0.3) is 5.56 Å². The lowest BCUT2D eigenvalue weighted by Crippen LogP contribution is -2.44. The monoisotopic (exact) mass is 373 g/mol. The Morgan fingerprint density at radius 3 is 2.70 bits per heavy atom. The summed E-state index contributed by atoms with van der Waals surface area (Å²) in [6, 6.07) is 4.86. The number of hydrogen-bond donors (Lipinski definition) is 1. The Morgan fingerprint density at radius 2 is 2.00 bits per heavy atom. The average molecular weight is 373 g/mol. The van der Waals surface area contributed by atoms with Crippen molar-refractivity contribution in [3.63, 3.8) is 0 Å². The molecule has 1 saturated carbocycles. The molecule has 3 aliphatic rings. The van der Waals surface area contributed by atoms with E-state index in [1.165, 1.54) is 23.5 Å². The number of nitrogens with one attached hydrogen (secondary N) is 1. The predicted molar refractivity (Wildman–Crippen MR) is 99.0 cm³/mol. The second-order valence-corrected chi connectivity index (χ2v) is 8.16. The quantitative estimate of drug-likeness (QED) is 0.821. The fourth-order valence-electron chi connectivity index (χ4n) is 4.33. The van der Waals surface area contributed by atoms with Crippen molar-refractivity contribution in [3.05, 3.63) is 34.7 Å². The molecule has 1 atom stereocenters. The van der Waals surface area contributed by atoms with Gasteiger partial charge in [-0.25, -0.2) is 0 Å². The first-order valence-corrected chi connectivity index (χ1v) is 9.86. The minimum Gasteiger partial charge on any atom is -0.381 e. The molecule has 1 aromatic rings. The summed E-state index contributed by atoms with van der Waals surface area (Å²) >= 11 is 0. The van der Waals surface area contributed by atoms with E-state index in [0.29, 0.717) is 32.2 Å². The van der Waals surface area contributed by atoms with E-state index in [0.717, 1.165) is 19.4 Å². The Kier molecular flexibility index (Phi) is 5.04. The Hall–Kier alpha value is -2.15. The fraction of sp³-hybridized carbons (Fsp3) is 0.650. The Morgan fingerprint density at radius 1 is 1.22 bits per heavy atom. The lowest BCUT2D eigenvalue weighted by molar-refractivity contribution is -0.131. The van der Waals surface area contributed by atoms with E-state index < -0.39 is 0 Å². The Bertz CT molecular complexity index is 764. The van der Waals surface area contributed by atoms with Gasteiger partial charge >= 0.3 is 0 Å². The first-order chi connectivity index (χ1) is 13.1. The topological polar surface area (TPSA) is 80.6 Å². The van der Waals surface area contributed by atoms with Crippen molar-refractivity contribution in [3.8, 4) is 0 Å². The van der Waals surface area contributed by atoms with Crippen LogP contribution in [0.15, 0.2) is 29.2 Å². The van der Waals surface area contributed by atoms with E-state index >= 15 is 0 Å². The van der Waals surface area contributed by atoms with Crippen LogP contribution < -0.4 is 10.9 Å². The van der Waals surface area contributed by atoms with Gasteiger partial charge in [0.05, 0.1) is 5.92 Å². The number of ether oxygens (including phenoxy) is 1. The predicted octanol–water partition coefficient (Wildman–Crippen LogP) is 0.630. The van der Waals surface area contributed by atoms with Gasteiger partial charge in [-0.05, 0) is 37.7 Å². The zero-order chi connectivity index (χ0) is 18.9. The summed E-state index contributed by atoms with van der Waals surface area (Å²) < 4.78 is 6.94. The summed E-state index contributed by atoms with van der Waals surface area (Å²) in [5, 5.41) is 3.10.